The summed E-state index contributed by atoms with van der Waals surface area (Å²) in [6.07, 6.45) is 8.19. The van der Waals surface area contributed by atoms with E-state index >= 15 is 0 Å². The largest absolute Gasteiger partial charge is 0.444 e. The predicted molar refractivity (Wildman–Crippen MR) is 166 cm³/mol. The van der Waals surface area contributed by atoms with Crippen molar-refractivity contribution in [1.29, 1.82) is 0 Å². The number of alkyl carbamates (subject to hydrolysis) is 1. The number of carbonyl (C=O) groups is 3. The quantitative estimate of drug-likeness (QED) is 0.353. The van der Waals surface area contributed by atoms with E-state index in [-0.39, 0.29) is 29.6 Å². The van der Waals surface area contributed by atoms with Crippen LogP contribution in [0.4, 0.5) is 14.9 Å². The van der Waals surface area contributed by atoms with E-state index in [1.807, 2.05) is 0 Å². The monoisotopic (exact) mass is 627 g/mol. The fraction of sp³-hybridized carbons (Fsp3) is 0.667. The molecule has 0 spiro atoms. The van der Waals surface area contributed by atoms with Gasteiger partial charge in [0.25, 0.3) is 0 Å². The Kier molecular flexibility index (Phi) is 10.3. The molecule has 3 amide bonds. The summed E-state index contributed by atoms with van der Waals surface area (Å²) in [6.45, 7) is 5.14. The van der Waals surface area contributed by atoms with Crippen LogP contribution in [0, 0.1) is 23.7 Å². The maximum absolute atomic E-state index is 14.0. The molecule has 3 aliphatic rings. The molecule has 2 aliphatic carbocycles. The van der Waals surface area contributed by atoms with Crippen molar-refractivity contribution in [1.82, 2.24) is 20.4 Å². The van der Waals surface area contributed by atoms with Crippen molar-refractivity contribution in [3.63, 3.8) is 0 Å². The SMILES string of the molecule is CC(C)(C)OC(=O)N[C@H](CF)C1CCC(C(=O)N2CC[C@@H](C3CCCCC3)[C@H]2C(=O)Nc2ccc(-c3noc(=O)[nH]3)cc2)CC1. The van der Waals surface area contributed by atoms with Gasteiger partial charge in [-0.25, -0.2) is 14.0 Å². The van der Waals surface area contributed by atoms with Crippen LogP contribution in [0.2, 0.25) is 0 Å². The van der Waals surface area contributed by atoms with Gasteiger partial charge < -0.3 is 20.3 Å². The summed E-state index contributed by atoms with van der Waals surface area (Å²) in [6, 6.07) is 5.74. The second-order valence-corrected chi connectivity index (χ2v) is 13.9. The lowest BCUT2D eigenvalue weighted by Crippen LogP contribution is -2.50. The molecule has 12 heteroatoms. The Morgan fingerprint density at radius 1 is 1.04 bits per heavy atom. The summed E-state index contributed by atoms with van der Waals surface area (Å²) in [5.74, 6) is -0.366. The van der Waals surface area contributed by atoms with E-state index in [1.165, 1.54) is 6.42 Å². The van der Waals surface area contributed by atoms with E-state index in [1.54, 1.807) is 49.9 Å². The molecule has 1 aromatic carbocycles. The molecule has 2 aromatic rings. The number of aromatic nitrogens is 2. The topological polar surface area (TPSA) is 147 Å². The van der Waals surface area contributed by atoms with Gasteiger partial charge >= 0.3 is 11.8 Å². The molecule has 0 radical (unpaired) electrons. The molecule has 1 aromatic heterocycles. The number of ether oxygens (including phenoxy) is 1. The van der Waals surface area contributed by atoms with Gasteiger partial charge in [0.2, 0.25) is 11.8 Å². The molecule has 0 unspecified atom stereocenters. The van der Waals surface area contributed by atoms with Crippen LogP contribution in [-0.4, -0.2) is 63.9 Å². The Labute approximate surface area is 263 Å². The molecular formula is C33H46FN5O6. The highest BCUT2D eigenvalue weighted by atomic mass is 19.1. The first-order valence-corrected chi connectivity index (χ1v) is 16.4. The standard InChI is InChI=1S/C33H46FN5O6/c1-33(2,3)44-31(42)36-26(19-34)21-9-11-23(12-10-21)30(41)39-18-17-25(20-7-5-4-6-8-20)27(39)29(40)35-24-15-13-22(14-16-24)28-37-32(43)45-38-28/h13-16,20-21,23,25-27H,4-12,17-19H2,1-3H3,(H,35,40)(H,36,42)(H,37,38,43)/t21?,23?,25-,26+,27-/m0/s1. The summed E-state index contributed by atoms with van der Waals surface area (Å²) in [4.78, 5) is 55.9. The van der Waals surface area contributed by atoms with E-state index in [9.17, 15) is 23.6 Å². The Balaban J connectivity index is 1.24. The average Bonchev–Trinajstić information content (AvgIpc) is 3.66. The van der Waals surface area contributed by atoms with Gasteiger partial charge in [-0.05, 0) is 94.9 Å². The molecule has 11 nitrogen and oxygen atoms in total. The van der Waals surface area contributed by atoms with Crippen LogP contribution in [0.25, 0.3) is 11.4 Å². The van der Waals surface area contributed by atoms with E-state index in [0.29, 0.717) is 55.2 Å². The third-order valence-electron chi connectivity index (χ3n) is 9.68. The number of likely N-dealkylation sites (tertiary alicyclic amines) is 1. The Morgan fingerprint density at radius 2 is 1.73 bits per heavy atom. The fourth-order valence-corrected chi connectivity index (χ4v) is 7.48. The summed E-state index contributed by atoms with van der Waals surface area (Å²) in [5, 5.41) is 9.43. The molecule has 0 bridgehead atoms. The van der Waals surface area contributed by atoms with Crippen LogP contribution < -0.4 is 16.4 Å². The molecule has 3 fully saturated rings. The van der Waals surface area contributed by atoms with E-state index in [4.69, 9.17) is 4.74 Å². The minimum absolute atomic E-state index is 0.00542. The third kappa shape index (κ3) is 8.12. The molecule has 3 N–H and O–H groups in total. The van der Waals surface area contributed by atoms with Crippen molar-refractivity contribution >= 4 is 23.6 Å². The number of benzene rings is 1. The average molecular weight is 628 g/mol. The van der Waals surface area contributed by atoms with Gasteiger partial charge in [-0.15, -0.1) is 0 Å². The Hall–Kier alpha value is -3.70. The zero-order valence-corrected chi connectivity index (χ0v) is 26.5. The lowest BCUT2D eigenvalue weighted by Gasteiger charge is -2.37. The van der Waals surface area contributed by atoms with Crippen molar-refractivity contribution in [2.24, 2.45) is 23.7 Å². The first kappa shape index (κ1) is 32.7. The van der Waals surface area contributed by atoms with Crippen LogP contribution in [0.1, 0.15) is 85.0 Å². The van der Waals surface area contributed by atoms with E-state index in [0.717, 1.165) is 32.1 Å². The summed E-state index contributed by atoms with van der Waals surface area (Å²) < 4.78 is 23.9. The van der Waals surface area contributed by atoms with Crippen LogP contribution in [-0.2, 0) is 14.3 Å². The second kappa shape index (κ2) is 14.2. The number of amides is 3. The van der Waals surface area contributed by atoms with Crippen LogP contribution in [0.5, 0.6) is 0 Å². The third-order valence-corrected chi connectivity index (χ3v) is 9.68. The highest BCUT2D eigenvalue weighted by molar-refractivity contribution is 5.98. The van der Waals surface area contributed by atoms with Gasteiger partial charge in [-0.1, -0.05) is 37.3 Å². The van der Waals surface area contributed by atoms with Crippen LogP contribution in [0.3, 0.4) is 0 Å². The molecule has 2 heterocycles. The number of halogens is 1. The number of hydrogen-bond acceptors (Lipinski definition) is 7. The molecule has 1 aliphatic heterocycles. The number of nitrogens with one attached hydrogen (secondary N) is 3. The first-order chi connectivity index (χ1) is 21.5. The summed E-state index contributed by atoms with van der Waals surface area (Å²) >= 11 is 0. The minimum Gasteiger partial charge on any atom is -0.444 e. The number of anilines is 1. The van der Waals surface area contributed by atoms with Gasteiger partial charge in [0.1, 0.15) is 18.3 Å². The van der Waals surface area contributed by atoms with Gasteiger partial charge in [0.15, 0.2) is 5.82 Å². The summed E-state index contributed by atoms with van der Waals surface area (Å²) in [5.41, 5.74) is 0.557. The van der Waals surface area contributed by atoms with Crippen molar-refractivity contribution in [2.45, 2.75) is 103 Å². The molecule has 2 saturated carbocycles. The second-order valence-electron chi connectivity index (χ2n) is 13.9. The van der Waals surface area contributed by atoms with Crippen LogP contribution >= 0.6 is 0 Å². The zero-order chi connectivity index (χ0) is 32.1. The van der Waals surface area contributed by atoms with Gasteiger partial charge in [0, 0.05) is 23.7 Å². The number of aromatic amines is 1. The van der Waals surface area contributed by atoms with Crippen molar-refractivity contribution < 1.29 is 28.0 Å². The lowest BCUT2D eigenvalue weighted by molar-refractivity contribution is -0.142. The Morgan fingerprint density at radius 3 is 2.33 bits per heavy atom. The van der Waals surface area contributed by atoms with Crippen molar-refractivity contribution in [3.05, 3.63) is 34.8 Å². The molecule has 3 atom stereocenters. The van der Waals surface area contributed by atoms with E-state index < -0.39 is 36.2 Å². The lowest BCUT2D eigenvalue weighted by atomic mass is 9.76. The Bertz CT molecular complexity index is 1370. The first-order valence-electron chi connectivity index (χ1n) is 16.4. The fourth-order valence-electron chi connectivity index (χ4n) is 7.48. The van der Waals surface area contributed by atoms with Crippen LogP contribution in [0.15, 0.2) is 33.6 Å². The predicted octanol–water partition coefficient (Wildman–Crippen LogP) is 5.44. The van der Waals surface area contributed by atoms with E-state index in [2.05, 4.69) is 25.3 Å². The maximum Gasteiger partial charge on any atom is 0.439 e. The number of H-pyrrole nitrogens is 1. The zero-order valence-electron chi connectivity index (χ0n) is 26.5. The molecule has 5 rings (SSSR count). The number of nitrogens with zero attached hydrogens (tertiary/aromatic N) is 2. The number of hydrogen-bond donors (Lipinski definition) is 3. The molecule has 45 heavy (non-hydrogen) atoms. The number of alkyl halides is 1. The number of carbonyl (C=O) groups excluding carboxylic acids is 3. The molecular weight excluding hydrogens is 581 g/mol. The van der Waals surface area contributed by atoms with Crippen molar-refractivity contribution in [3.8, 4) is 11.4 Å². The highest BCUT2D eigenvalue weighted by Crippen LogP contribution is 2.41. The highest BCUT2D eigenvalue weighted by Gasteiger charge is 2.47. The van der Waals surface area contributed by atoms with Gasteiger partial charge in [0.05, 0.1) is 6.04 Å². The number of rotatable bonds is 8. The normalized spacial score (nSPS) is 25.0. The maximum atomic E-state index is 14.0. The van der Waals surface area contributed by atoms with Gasteiger partial charge in [-0.3, -0.25) is 19.1 Å². The summed E-state index contributed by atoms with van der Waals surface area (Å²) in [7, 11) is 0. The minimum atomic E-state index is -0.697. The van der Waals surface area contributed by atoms with Crippen molar-refractivity contribution in [2.75, 3.05) is 18.5 Å². The molecule has 246 valence electrons. The van der Waals surface area contributed by atoms with Gasteiger partial charge in [-0.2, -0.15) is 0 Å². The smallest absolute Gasteiger partial charge is 0.439 e. The molecule has 1 saturated heterocycles.